The minimum absolute atomic E-state index is 0.0479. The van der Waals surface area contributed by atoms with Crippen molar-refractivity contribution >= 4 is 26.7 Å². The van der Waals surface area contributed by atoms with Crippen LogP contribution in [0.1, 0.15) is 12.6 Å². The minimum Gasteiger partial charge on any atom is -0.346 e. The van der Waals surface area contributed by atoms with E-state index in [4.69, 9.17) is 0 Å². The molecule has 0 N–H and O–H groups in total. The maximum absolute atomic E-state index is 14.9. The highest BCUT2D eigenvalue weighted by atomic mass is 32.2. The molecular formula is C16H20FN5O3S. The lowest BCUT2D eigenvalue weighted by Crippen LogP contribution is -2.59. The Balaban J connectivity index is 2.20. The van der Waals surface area contributed by atoms with E-state index in [0.717, 1.165) is 0 Å². The smallest absolute Gasteiger partial charge is 0.346 e. The molecule has 8 nitrogen and oxygen atoms in total. The first-order chi connectivity index (χ1) is 12.1. The zero-order chi connectivity index (χ0) is 19.0. The highest BCUT2D eigenvalue weighted by Crippen LogP contribution is 2.38. The molecule has 2 aliphatic rings. The molecule has 1 fully saturated rings. The van der Waals surface area contributed by atoms with E-state index in [2.05, 4.69) is 9.97 Å². The molecule has 1 saturated heterocycles. The average molecular weight is 381 g/mol. The maximum Gasteiger partial charge on any atom is 0.350 e. The number of likely N-dealkylation sites (N-methyl/N-ethyl adjacent to an activating group) is 1. The molecule has 4 heterocycles. The van der Waals surface area contributed by atoms with Crippen molar-refractivity contribution in [2.45, 2.75) is 30.8 Å². The van der Waals surface area contributed by atoms with Crippen molar-refractivity contribution in [1.29, 1.82) is 0 Å². The molecule has 10 heteroatoms. The van der Waals surface area contributed by atoms with Gasteiger partial charge in [-0.25, -0.2) is 22.6 Å². The van der Waals surface area contributed by atoms with Crippen LogP contribution >= 0.6 is 0 Å². The van der Waals surface area contributed by atoms with Crippen molar-refractivity contribution in [2.24, 2.45) is 7.05 Å². The van der Waals surface area contributed by atoms with Gasteiger partial charge >= 0.3 is 5.69 Å². The van der Waals surface area contributed by atoms with Gasteiger partial charge in [-0.15, -0.1) is 0 Å². The van der Waals surface area contributed by atoms with Crippen molar-refractivity contribution in [1.82, 2.24) is 19.4 Å². The van der Waals surface area contributed by atoms with E-state index in [1.54, 1.807) is 0 Å². The average Bonchev–Trinajstić information content (AvgIpc) is 2.61. The molecule has 26 heavy (non-hydrogen) atoms. The van der Waals surface area contributed by atoms with Gasteiger partial charge in [-0.1, -0.05) is 0 Å². The van der Waals surface area contributed by atoms with E-state index in [1.165, 1.54) is 18.5 Å². The second-order valence-corrected chi connectivity index (χ2v) is 9.20. The topological polar surface area (TPSA) is 88.4 Å². The third kappa shape index (κ3) is 2.28. The Morgan fingerprint density at radius 2 is 1.88 bits per heavy atom. The van der Waals surface area contributed by atoms with Gasteiger partial charge < -0.3 is 9.80 Å². The Labute approximate surface area is 150 Å². The lowest BCUT2D eigenvalue weighted by molar-refractivity contribution is 0.240. The predicted molar refractivity (Wildman–Crippen MR) is 94.8 cm³/mol. The maximum atomic E-state index is 14.9. The van der Waals surface area contributed by atoms with Gasteiger partial charge in [0, 0.05) is 26.2 Å². The van der Waals surface area contributed by atoms with Gasteiger partial charge in [-0.3, -0.25) is 4.57 Å². The van der Waals surface area contributed by atoms with Gasteiger partial charge in [0.25, 0.3) is 0 Å². The number of rotatable bonds is 0. The lowest BCUT2D eigenvalue weighted by Gasteiger charge is -2.44. The molecule has 0 bridgehead atoms. The summed E-state index contributed by atoms with van der Waals surface area (Å²) in [6.07, 6.45) is 0. The van der Waals surface area contributed by atoms with E-state index < -0.39 is 27.4 Å². The molecule has 2 aromatic heterocycles. The number of anilines is 1. The summed E-state index contributed by atoms with van der Waals surface area (Å²) >= 11 is 0. The van der Waals surface area contributed by atoms with Crippen LogP contribution in [0.4, 0.5) is 10.2 Å². The van der Waals surface area contributed by atoms with Gasteiger partial charge in [0.05, 0.1) is 22.9 Å². The van der Waals surface area contributed by atoms with Crippen LogP contribution in [0.5, 0.6) is 0 Å². The van der Waals surface area contributed by atoms with Crippen molar-refractivity contribution in [3.8, 4) is 0 Å². The molecule has 0 amide bonds. The molecule has 2 aliphatic heterocycles. The van der Waals surface area contributed by atoms with Crippen LogP contribution < -0.4 is 10.6 Å². The van der Waals surface area contributed by atoms with Crippen LogP contribution in [0.25, 0.3) is 11.0 Å². The number of nitrogens with zero attached hydrogens (tertiary/aromatic N) is 5. The summed E-state index contributed by atoms with van der Waals surface area (Å²) in [5, 5.41) is 0.106. The van der Waals surface area contributed by atoms with E-state index in [0.29, 0.717) is 13.1 Å². The fourth-order valence-corrected chi connectivity index (χ4v) is 6.00. The number of pyridine rings is 1. The number of aromatic nitrogens is 3. The first-order valence-electron chi connectivity index (χ1n) is 8.38. The second kappa shape index (κ2) is 5.46. The number of hydrogen-bond acceptors (Lipinski definition) is 7. The van der Waals surface area contributed by atoms with Crippen LogP contribution in [0.3, 0.4) is 0 Å². The monoisotopic (exact) mass is 381 g/mol. The van der Waals surface area contributed by atoms with Crippen LogP contribution in [0.2, 0.25) is 0 Å². The first-order valence-corrected chi connectivity index (χ1v) is 10.0. The molecule has 0 aromatic carbocycles. The van der Waals surface area contributed by atoms with Gasteiger partial charge in [0.15, 0.2) is 15.7 Å². The molecule has 0 radical (unpaired) electrons. The van der Waals surface area contributed by atoms with Gasteiger partial charge in [-0.05, 0) is 20.9 Å². The van der Waals surface area contributed by atoms with E-state index in [-0.39, 0.29) is 39.2 Å². The van der Waals surface area contributed by atoms with Crippen LogP contribution in [0, 0.1) is 12.7 Å². The number of halogens is 1. The molecule has 0 spiro atoms. The zero-order valence-corrected chi connectivity index (χ0v) is 15.8. The summed E-state index contributed by atoms with van der Waals surface area (Å²) in [6.45, 7) is 4.53. The second-order valence-electron chi connectivity index (χ2n) is 7.23. The summed E-state index contributed by atoms with van der Waals surface area (Å²) in [5.41, 5.74) is -0.446. The largest absolute Gasteiger partial charge is 0.350 e. The highest BCUT2D eigenvalue weighted by Gasteiger charge is 2.42. The van der Waals surface area contributed by atoms with E-state index in [9.17, 15) is 17.6 Å². The highest BCUT2D eigenvalue weighted by molar-refractivity contribution is 7.91. The van der Waals surface area contributed by atoms with Crippen LogP contribution in [-0.2, 0) is 16.9 Å². The van der Waals surface area contributed by atoms with Crippen LogP contribution in [-0.4, -0.2) is 65.8 Å². The van der Waals surface area contributed by atoms with Gasteiger partial charge in [-0.2, -0.15) is 4.98 Å². The summed E-state index contributed by atoms with van der Waals surface area (Å²) < 4.78 is 42.3. The fraction of sp³-hybridized carbons (Fsp3) is 0.562. The first kappa shape index (κ1) is 17.3. The molecular weight excluding hydrogens is 361 g/mol. The van der Waals surface area contributed by atoms with Crippen LogP contribution in [0.15, 0.2) is 9.69 Å². The number of piperazine rings is 1. The number of sulfone groups is 1. The Morgan fingerprint density at radius 3 is 2.58 bits per heavy atom. The normalized spacial score (nSPS) is 25.2. The van der Waals surface area contributed by atoms with Crippen molar-refractivity contribution in [3.63, 3.8) is 0 Å². The third-order valence-corrected chi connectivity index (χ3v) is 7.03. The molecule has 2 aromatic rings. The Morgan fingerprint density at radius 1 is 1.19 bits per heavy atom. The Bertz CT molecular complexity index is 1100. The Kier molecular flexibility index (Phi) is 3.65. The molecule has 0 saturated carbocycles. The summed E-state index contributed by atoms with van der Waals surface area (Å²) in [5.74, 6) is -0.873. The van der Waals surface area contributed by atoms with E-state index in [1.807, 2.05) is 23.8 Å². The SMILES string of the molecule is Cc1nc2c3c(nc(=O)n2C)N2C(C)CN(C)CC2CS(=O)(=O)c3c1F. The number of fused-ring (bicyclic) bond motifs is 2. The van der Waals surface area contributed by atoms with Gasteiger partial charge in [0.2, 0.25) is 0 Å². The predicted octanol–water partition coefficient (Wildman–Crippen LogP) is 0.0722. The van der Waals surface area contributed by atoms with E-state index >= 15 is 0 Å². The van der Waals surface area contributed by atoms with Crippen molar-refractivity contribution in [2.75, 3.05) is 30.8 Å². The summed E-state index contributed by atoms with van der Waals surface area (Å²) in [7, 11) is -0.546. The lowest BCUT2D eigenvalue weighted by atomic mass is 10.1. The molecule has 2 unspecified atom stereocenters. The number of aryl methyl sites for hydroxylation is 2. The summed E-state index contributed by atoms with van der Waals surface area (Å²) in [6, 6.07) is -0.490. The minimum atomic E-state index is -3.92. The van der Waals surface area contributed by atoms with Gasteiger partial charge in [0.1, 0.15) is 16.4 Å². The quantitative estimate of drug-likeness (QED) is 0.638. The number of hydrogen-bond donors (Lipinski definition) is 0. The molecule has 2 atom stereocenters. The standard InChI is InChI=1S/C16H20FN5O3S/c1-8-5-20(3)6-10-7-26(24,25)13-11-14(18-9(2)12(13)17)21(4)16(23)19-15(11)22(8)10/h8,10H,5-7H2,1-4H3. The van der Waals surface area contributed by atoms with Crippen molar-refractivity contribution in [3.05, 3.63) is 22.0 Å². The van der Waals surface area contributed by atoms with Crippen molar-refractivity contribution < 1.29 is 12.8 Å². The third-order valence-electron chi connectivity index (χ3n) is 5.21. The zero-order valence-electron chi connectivity index (χ0n) is 15.0. The molecule has 0 aliphatic carbocycles. The summed E-state index contributed by atoms with van der Waals surface area (Å²) in [4.78, 5) is 24.2. The Hall–Kier alpha value is -2.07. The molecule has 140 valence electrons. The molecule has 4 rings (SSSR count). The fourth-order valence-electron chi connectivity index (χ4n) is 4.15.